The van der Waals surface area contributed by atoms with E-state index in [1.54, 1.807) is 0 Å². The van der Waals surface area contributed by atoms with Crippen molar-refractivity contribution in [2.45, 2.75) is 13.0 Å². The number of para-hydroxylation sites is 1. The van der Waals surface area contributed by atoms with Crippen molar-refractivity contribution < 1.29 is 4.79 Å². The van der Waals surface area contributed by atoms with E-state index in [0.717, 1.165) is 24.2 Å². The fourth-order valence-corrected chi connectivity index (χ4v) is 2.95. The number of fused-ring (bicyclic) bond motifs is 1. The van der Waals surface area contributed by atoms with Crippen LogP contribution in [0, 0.1) is 0 Å². The second-order valence-corrected chi connectivity index (χ2v) is 6.30. The summed E-state index contributed by atoms with van der Waals surface area (Å²) in [6.07, 6.45) is 0.921. The molecule has 1 heterocycles. The largest absolute Gasteiger partial charge is 0.349 e. The summed E-state index contributed by atoms with van der Waals surface area (Å²) in [6.45, 7) is 1.57. The first-order valence-electron chi connectivity index (χ1n) is 8.53. The molecule has 0 fully saturated rings. The summed E-state index contributed by atoms with van der Waals surface area (Å²) < 4.78 is 0. The molecule has 1 aliphatic rings. The zero-order valence-corrected chi connectivity index (χ0v) is 17.5. The molecule has 0 saturated heterocycles. The van der Waals surface area contributed by atoms with E-state index in [4.69, 9.17) is 0 Å². The van der Waals surface area contributed by atoms with Gasteiger partial charge in [0, 0.05) is 26.3 Å². The van der Waals surface area contributed by atoms with E-state index < -0.39 is 0 Å². The molecule has 2 aromatic carbocycles. The summed E-state index contributed by atoms with van der Waals surface area (Å²) >= 11 is 0. The van der Waals surface area contributed by atoms with Gasteiger partial charge < -0.3 is 15.1 Å². The molecule has 0 radical (unpaired) electrons. The lowest BCUT2D eigenvalue weighted by Crippen LogP contribution is -2.44. The topological polar surface area (TPSA) is 47.9 Å². The van der Waals surface area contributed by atoms with Gasteiger partial charge in [-0.1, -0.05) is 48.5 Å². The van der Waals surface area contributed by atoms with Crippen LogP contribution in [0.5, 0.6) is 0 Å². The van der Waals surface area contributed by atoms with Crippen molar-refractivity contribution >= 4 is 41.5 Å². The molecule has 138 valence electrons. The molecule has 3 rings (SSSR count). The number of anilines is 1. The van der Waals surface area contributed by atoms with Crippen molar-refractivity contribution in [3.63, 3.8) is 0 Å². The van der Waals surface area contributed by atoms with E-state index in [0.29, 0.717) is 12.5 Å². The first-order valence-corrected chi connectivity index (χ1v) is 8.53. The Kier molecular flexibility index (Phi) is 7.44. The van der Waals surface area contributed by atoms with E-state index in [2.05, 4.69) is 16.4 Å². The van der Waals surface area contributed by atoms with Crippen LogP contribution in [-0.2, 0) is 17.8 Å². The van der Waals surface area contributed by atoms with Crippen molar-refractivity contribution in [1.29, 1.82) is 0 Å². The van der Waals surface area contributed by atoms with Crippen LogP contribution >= 0.6 is 24.0 Å². The Morgan fingerprint density at radius 2 is 1.81 bits per heavy atom. The van der Waals surface area contributed by atoms with Crippen LogP contribution in [0.1, 0.15) is 11.1 Å². The number of amides is 1. The Hall–Kier alpha value is -2.09. The summed E-state index contributed by atoms with van der Waals surface area (Å²) in [4.78, 5) is 20.9. The van der Waals surface area contributed by atoms with Gasteiger partial charge in [0.05, 0.1) is 13.1 Å². The van der Waals surface area contributed by atoms with E-state index in [-0.39, 0.29) is 36.4 Å². The van der Waals surface area contributed by atoms with Crippen molar-refractivity contribution in [1.82, 2.24) is 10.2 Å². The molecule has 0 unspecified atom stereocenters. The number of halogens is 1. The summed E-state index contributed by atoms with van der Waals surface area (Å²) in [6, 6.07) is 18.2. The zero-order chi connectivity index (χ0) is 17.6. The molecule has 0 spiro atoms. The third-order valence-corrected chi connectivity index (χ3v) is 4.26. The van der Waals surface area contributed by atoms with Gasteiger partial charge in [-0.2, -0.15) is 0 Å². The molecule has 0 saturated carbocycles. The highest BCUT2D eigenvalue weighted by Gasteiger charge is 2.23. The standard InChI is InChI=1S/C20H24N4O.HI/c1-23(2)20(21-14-16-8-4-3-5-9-16)22-15-19(25)24-13-12-17-10-6-7-11-18(17)24;/h3-11H,12-15H2,1-2H3,(H,21,22);1H. The number of nitrogens with one attached hydrogen (secondary N) is 1. The van der Waals surface area contributed by atoms with Crippen LogP contribution in [0.25, 0.3) is 0 Å². The van der Waals surface area contributed by atoms with Crippen LogP contribution in [-0.4, -0.2) is 44.0 Å². The van der Waals surface area contributed by atoms with Gasteiger partial charge in [0.2, 0.25) is 5.91 Å². The predicted octanol–water partition coefficient (Wildman–Crippen LogP) is 2.90. The molecule has 1 aliphatic heterocycles. The highest BCUT2D eigenvalue weighted by atomic mass is 127. The number of aliphatic imine (C=N–C) groups is 1. The molecule has 1 amide bonds. The minimum absolute atomic E-state index is 0. The lowest BCUT2D eigenvalue weighted by atomic mass is 10.2. The van der Waals surface area contributed by atoms with Gasteiger partial charge in [-0.05, 0) is 23.6 Å². The normalized spacial score (nSPS) is 13.0. The van der Waals surface area contributed by atoms with Gasteiger partial charge in [0.25, 0.3) is 0 Å². The van der Waals surface area contributed by atoms with Gasteiger partial charge in [0.1, 0.15) is 0 Å². The van der Waals surface area contributed by atoms with Crippen molar-refractivity contribution in [2.75, 3.05) is 32.1 Å². The van der Waals surface area contributed by atoms with Crippen LogP contribution in [0.3, 0.4) is 0 Å². The molecular weight excluding hydrogens is 439 g/mol. The van der Waals surface area contributed by atoms with Crippen LogP contribution in [0.4, 0.5) is 5.69 Å². The first kappa shape index (κ1) is 20.2. The quantitative estimate of drug-likeness (QED) is 0.430. The maximum atomic E-state index is 12.6. The van der Waals surface area contributed by atoms with Crippen molar-refractivity contribution in [2.24, 2.45) is 4.99 Å². The number of hydrogen-bond acceptors (Lipinski definition) is 2. The third-order valence-electron chi connectivity index (χ3n) is 4.26. The van der Waals surface area contributed by atoms with Gasteiger partial charge in [-0.15, -0.1) is 24.0 Å². The Labute approximate surface area is 172 Å². The molecular formula is C20H25IN4O. The SMILES string of the molecule is CN(C)C(=NCc1ccccc1)NCC(=O)N1CCc2ccccc21.I. The Morgan fingerprint density at radius 3 is 2.54 bits per heavy atom. The lowest BCUT2D eigenvalue weighted by Gasteiger charge is -2.21. The highest BCUT2D eigenvalue weighted by Crippen LogP contribution is 2.27. The maximum Gasteiger partial charge on any atom is 0.246 e. The van der Waals surface area contributed by atoms with E-state index in [9.17, 15) is 4.79 Å². The first-order chi connectivity index (χ1) is 12.1. The van der Waals surface area contributed by atoms with E-state index >= 15 is 0 Å². The summed E-state index contributed by atoms with van der Waals surface area (Å²) in [7, 11) is 3.85. The number of hydrogen-bond donors (Lipinski definition) is 1. The molecule has 6 heteroatoms. The fraction of sp³-hybridized carbons (Fsp3) is 0.300. The third kappa shape index (κ3) is 4.97. The molecule has 0 bridgehead atoms. The molecule has 5 nitrogen and oxygen atoms in total. The Morgan fingerprint density at radius 1 is 1.12 bits per heavy atom. The van der Waals surface area contributed by atoms with Crippen LogP contribution in [0.2, 0.25) is 0 Å². The van der Waals surface area contributed by atoms with E-state index in [1.807, 2.05) is 72.4 Å². The summed E-state index contributed by atoms with van der Waals surface area (Å²) in [5.41, 5.74) is 3.41. The second kappa shape index (κ2) is 9.56. The van der Waals surface area contributed by atoms with Crippen molar-refractivity contribution in [3.05, 3.63) is 65.7 Å². The predicted molar refractivity (Wildman–Crippen MR) is 117 cm³/mol. The number of rotatable bonds is 4. The molecule has 2 aromatic rings. The van der Waals surface area contributed by atoms with Gasteiger partial charge in [-0.25, -0.2) is 4.99 Å². The lowest BCUT2D eigenvalue weighted by molar-refractivity contribution is -0.117. The summed E-state index contributed by atoms with van der Waals surface area (Å²) in [5, 5.41) is 3.18. The number of guanidine groups is 1. The number of carbonyl (C=O) groups is 1. The molecule has 0 atom stereocenters. The zero-order valence-electron chi connectivity index (χ0n) is 15.2. The van der Waals surface area contributed by atoms with Crippen molar-refractivity contribution in [3.8, 4) is 0 Å². The molecule has 1 N–H and O–H groups in total. The second-order valence-electron chi connectivity index (χ2n) is 6.30. The molecule has 0 aromatic heterocycles. The average molecular weight is 464 g/mol. The summed E-state index contributed by atoms with van der Waals surface area (Å²) in [5.74, 6) is 0.781. The number of carbonyl (C=O) groups excluding carboxylic acids is 1. The highest BCUT2D eigenvalue weighted by molar-refractivity contribution is 14.0. The van der Waals surface area contributed by atoms with Gasteiger partial charge in [0.15, 0.2) is 5.96 Å². The minimum Gasteiger partial charge on any atom is -0.349 e. The monoisotopic (exact) mass is 464 g/mol. The fourth-order valence-electron chi connectivity index (χ4n) is 2.95. The maximum absolute atomic E-state index is 12.6. The van der Waals surface area contributed by atoms with Gasteiger partial charge >= 0.3 is 0 Å². The van der Waals surface area contributed by atoms with Crippen LogP contribution in [0.15, 0.2) is 59.6 Å². The van der Waals surface area contributed by atoms with E-state index in [1.165, 1.54) is 5.56 Å². The average Bonchev–Trinajstić information content (AvgIpc) is 3.06. The number of benzene rings is 2. The Bertz CT molecular complexity index is 761. The van der Waals surface area contributed by atoms with Crippen LogP contribution < -0.4 is 10.2 Å². The van der Waals surface area contributed by atoms with Gasteiger partial charge in [-0.3, -0.25) is 4.79 Å². The molecule has 0 aliphatic carbocycles. The smallest absolute Gasteiger partial charge is 0.246 e. The Balaban J connectivity index is 0.00000243. The molecule has 26 heavy (non-hydrogen) atoms. The minimum atomic E-state index is 0. The number of nitrogens with zero attached hydrogens (tertiary/aromatic N) is 3.